The maximum Gasteiger partial charge on any atom is 0.123 e. The molecule has 0 aromatic heterocycles. The lowest BCUT2D eigenvalue weighted by Gasteiger charge is -2.15. The monoisotopic (exact) mass is 180 g/mol. The number of hydrogen-bond donors (Lipinski definition) is 1. The predicted molar refractivity (Wildman–Crippen MR) is 53.1 cm³/mol. The second kappa shape index (κ2) is 4.75. The first-order chi connectivity index (χ1) is 6.26. The van der Waals surface area contributed by atoms with E-state index in [1.165, 1.54) is 0 Å². The number of rotatable bonds is 4. The van der Waals surface area contributed by atoms with E-state index in [4.69, 9.17) is 4.74 Å². The summed E-state index contributed by atoms with van der Waals surface area (Å²) in [7, 11) is 0. The first-order valence-electron chi connectivity index (χ1n) is 4.72. The molecule has 0 aliphatic rings. The Bertz CT molecular complexity index is 254. The van der Waals surface area contributed by atoms with Crippen LogP contribution in [0.1, 0.15) is 26.7 Å². The highest BCUT2D eigenvalue weighted by Gasteiger charge is 2.04. The van der Waals surface area contributed by atoms with Gasteiger partial charge in [0.15, 0.2) is 0 Å². The van der Waals surface area contributed by atoms with Crippen molar-refractivity contribution in [2.75, 3.05) is 0 Å². The Balaban J connectivity index is 2.62. The number of aromatic hydroxyl groups is 1. The molecular weight excluding hydrogens is 164 g/mol. The van der Waals surface area contributed by atoms with Gasteiger partial charge in [0.25, 0.3) is 0 Å². The van der Waals surface area contributed by atoms with Crippen molar-refractivity contribution in [3.63, 3.8) is 0 Å². The summed E-state index contributed by atoms with van der Waals surface area (Å²) in [6.45, 7) is 4.19. The number of benzene rings is 1. The second-order valence-electron chi connectivity index (χ2n) is 3.05. The lowest BCUT2D eigenvalue weighted by atomic mass is 10.2. The fourth-order valence-electron chi connectivity index (χ4n) is 1.20. The highest BCUT2D eigenvalue weighted by atomic mass is 16.5. The lowest BCUT2D eigenvalue weighted by molar-refractivity contribution is 0.192. The van der Waals surface area contributed by atoms with Crippen LogP contribution in [0.4, 0.5) is 0 Å². The summed E-state index contributed by atoms with van der Waals surface area (Å²) < 4.78 is 5.63. The standard InChI is InChI=1S/C11H16O2/c1-3-10(4-2)13-11-7-5-6-9(12)8-11/h5-8,10,12H,3-4H2,1-2H3. The lowest BCUT2D eigenvalue weighted by Crippen LogP contribution is -2.13. The van der Waals surface area contributed by atoms with Gasteiger partial charge in [-0.1, -0.05) is 19.9 Å². The molecule has 0 heterocycles. The molecule has 0 fully saturated rings. The van der Waals surface area contributed by atoms with Crippen LogP contribution in [0, 0.1) is 0 Å². The van der Waals surface area contributed by atoms with Crippen molar-refractivity contribution >= 4 is 0 Å². The van der Waals surface area contributed by atoms with Gasteiger partial charge in [0.05, 0.1) is 6.10 Å². The molecule has 1 aromatic carbocycles. The van der Waals surface area contributed by atoms with Gasteiger partial charge in [-0.05, 0) is 25.0 Å². The van der Waals surface area contributed by atoms with Crippen molar-refractivity contribution in [1.29, 1.82) is 0 Å². The maximum absolute atomic E-state index is 9.19. The Morgan fingerprint density at radius 3 is 2.54 bits per heavy atom. The summed E-state index contributed by atoms with van der Waals surface area (Å²) in [6, 6.07) is 6.92. The van der Waals surface area contributed by atoms with E-state index in [-0.39, 0.29) is 11.9 Å². The Labute approximate surface area is 79.2 Å². The normalized spacial score (nSPS) is 10.4. The number of hydrogen-bond acceptors (Lipinski definition) is 2. The van der Waals surface area contributed by atoms with E-state index in [1.807, 2.05) is 6.07 Å². The highest BCUT2D eigenvalue weighted by molar-refractivity contribution is 5.31. The van der Waals surface area contributed by atoms with Crippen molar-refractivity contribution in [2.24, 2.45) is 0 Å². The molecule has 0 bridgehead atoms. The number of phenols is 1. The minimum absolute atomic E-state index is 0.252. The molecule has 0 atom stereocenters. The smallest absolute Gasteiger partial charge is 0.123 e. The summed E-state index contributed by atoms with van der Waals surface area (Å²) in [6.07, 6.45) is 2.24. The summed E-state index contributed by atoms with van der Waals surface area (Å²) in [5.41, 5.74) is 0. The molecule has 72 valence electrons. The zero-order valence-electron chi connectivity index (χ0n) is 8.16. The van der Waals surface area contributed by atoms with Crippen LogP contribution >= 0.6 is 0 Å². The first-order valence-corrected chi connectivity index (χ1v) is 4.72. The van der Waals surface area contributed by atoms with E-state index in [1.54, 1.807) is 18.2 Å². The number of ether oxygens (including phenoxy) is 1. The molecule has 13 heavy (non-hydrogen) atoms. The van der Waals surface area contributed by atoms with Crippen LogP contribution in [-0.2, 0) is 0 Å². The molecule has 0 saturated carbocycles. The Hall–Kier alpha value is -1.18. The van der Waals surface area contributed by atoms with Crippen LogP contribution in [-0.4, -0.2) is 11.2 Å². The van der Waals surface area contributed by atoms with Gasteiger partial charge in [0, 0.05) is 6.07 Å². The predicted octanol–water partition coefficient (Wildman–Crippen LogP) is 2.96. The van der Waals surface area contributed by atoms with Gasteiger partial charge in [0.1, 0.15) is 11.5 Å². The highest BCUT2D eigenvalue weighted by Crippen LogP contribution is 2.20. The molecule has 0 saturated heterocycles. The third kappa shape index (κ3) is 2.98. The van der Waals surface area contributed by atoms with E-state index in [9.17, 15) is 5.11 Å². The summed E-state index contributed by atoms with van der Waals surface area (Å²) in [5, 5.41) is 9.19. The molecule has 0 aliphatic carbocycles. The van der Waals surface area contributed by atoms with Crippen LogP contribution in [0.2, 0.25) is 0 Å². The van der Waals surface area contributed by atoms with E-state index in [0.717, 1.165) is 18.6 Å². The van der Waals surface area contributed by atoms with Crippen molar-refractivity contribution in [2.45, 2.75) is 32.8 Å². The van der Waals surface area contributed by atoms with Crippen molar-refractivity contribution < 1.29 is 9.84 Å². The average Bonchev–Trinajstić information content (AvgIpc) is 2.14. The molecule has 0 unspecified atom stereocenters. The molecule has 1 rings (SSSR count). The molecule has 2 heteroatoms. The van der Waals surface area contributed by atoms with Crippen molar-refractivity contribution in [3.05, 3.63) is 24.3 Å². The maximum atomic E-state index is 9.19. The fraction of sp³-hybridized carbons (Fsp3) is 0.455. The molecular formula is C11H16O2. The molecule has 1 aromatic rings. The number of phenolic OH excluding ortho intramolecular Hbond substituents is 1. The van der Waals surface area contributed by atoms with Gasteiger partial charge >= 0.3 is 0 Å². The molecule has 0 radical (unpaired) electrons. The van der Waals surface area contributed by atoms with Crippen LogP contribution in [0.15, 0.2) is 24.3 Å². The molecule has 2 nitrogen and oxygen atoms in total. The quantitative estimate of drug-likeness (QED) is 0.771. The summed E-state index contributed by atoms with van der Waals surface area (Å²) >= 11 is 0. The SMILES string of the molecule is CCC(CC)Oc1cccc(O)c1. The van der Waals surface area contributed by atoms with Gasteiger partial charge in [-0.15, -0.1) is 0 Å². The van der Waals surface area contributed by atoms with Gasteiger partial charge in [-0.25, -0.2) is 0 Å². The minimum atomic E-state index is 0.252. The summed E-state index contributed by atoms with van der Waals surface area (Å²) in [5.74, 6) is 0.997. The van der Waals surface area contributed by atoms with Gasteiger partial charge in [0.2, 0.25) is 0 Å². The van der Waals surface area contributed by atoms with Gasteiger partial charge in [-0.2, -0.15) is 0 Å². The van der Waals surface area contributed by atoms with Crippen LogP contribution in [0.3, 0.4) is 0 Å². The minimum Gasteiger partial charge on any atom is -0.508 e. The van der Waals surface area contributed by atoms with Crippen LogP contribution in [0.25, 0.3) is 0 Å². The van der Waals surface area contributed by atoms with Crippen molar-refractivity contribution in [3.8, 4) is 11.5 Å². The van der Waals surface area contributed by atoms with Crippen LogP contribution in [0.5, 0.6) is 11.5 Å². The largest absolute Gasteiger partial charge is 0.508 e. The van der Waals surface area contributed by atoms with E-state index >= 15 is 0 Å². The Kier molecular flexibility index (Phi) is 3.62. The summed E-state index contributed by atoms with van der Waals surface area (Å²) in [4.78, 5) is 0. The molecule has 1 N–H and O–H groups in total. The first kappa shape index (κ1) is 9.90. The van der Waals surface area contributed by atoms with Gasteiger partial charge < -0.3 is 9.84 Å². The molecule has 0 aliphatic heterocycles. The van der Waals surface area contributed by atoms with Crippen LogP contribution < -0.4 is 4.74 Å². The average molecular weight is 180 g/mol. The topological polar surface area (TPSA) is 29.5 Å². The van der Waals surface area contributed by atoms with E-state index in [0.29, 0.717) is 0 Å². The molecule has 0 amide bonds. The Morgan fingerprint density at radius 1 is 1.31 bits per heavy atom. The third-order valence-corrected chi connectivity index (χ3v) is 2.03. The second-order valence-corrected chi connectivity index (χ2v) is 3.05. The van der Waals surface area contributed by atoms with E-state index in [2.05, 4.69) is 13.8 Å². The van der Waals surface area contributed by atoms with E-state index < -0.39 is 0 Å². The van der Waals surface area contributed by atoms with Gasteiger partial charge in [-0.3, -0.25) is 0 Å². The Morgan fingerprint density at radius 2 is 2.00 bits per heavy atom. The fourth-order valence-corrected chi connectivity index (χ4v) is 1.20. The zero-order chi connectivity index (χ0) is 9.68. The molecule has 0 spiro atoms. The third-order valence-electron chi connectivity index (χ3n) is 2.03. The zero-order valence-corrected chi connectivity index (χ0v) is 8.16. The van der Waals surface area contributed by atoms with Crippen molar-refractivity contribution in [1.82, 2.24) is 0 Å².